The Morgan fingerprint density at radius 2 is 1.58 bits per heavy atom. The summed E-state index contributed by atoms with van der Waals surface area (Å²) in [4.78, 5) is 7.98. The third-order valence-corrected chi connectivity index (χ3v) is 5.55. The quantitative estimate of drug-likeness (QED) is 0.767. The van der Waals surface area contributed by atoms with E-state index in [0.717, 1.165) is 18.0 Å². The lowest BCUT2D eigenvalue weighted by atomic mass is 9.78. The van der Waals surface area contributed by atoms with E-state index < -0.39 is 0 Å². The number of nitrogens with zero attached hydrogens (tertiary/aromatic N) is 3. The first-order valence-corrected chi connectivity index (χ1v) is 8.18. The second-order valence-corrected chi connectivity index (χ2v) is 7.90. The molecule has 0 radical (unpaired) electrons. The van der Waals surface area contributed by atoms with Crippen molar-refractivity contribution in [3.63, 3.8) is 0 Å². The maximum Gasteiger partial charge on any atom is 0.00970 e. The van der Waals surface area contributed by atoms with E-state index >= 15 is 0 Å². The van der Waals surface area contributed by atoms with Gasteiger partial charge in [-0.3, -0.25) is 0 Å². The van der Waals surface area contributed by atoms with Crippen LogP contribution in [0.15, 0.2) is 0 Å². The van der Waals surface area contributed by atoms with Gasteiger partial charge in [-0.2, -0.15) is 0 Å². The Labute approximate surface area is 118 Å². The van der Waals surface area contributed by atoms with Gasteiger partial charge in [-0.05, 0) is 46.6 Å². The van der Waals surface area contributed by atoms with Gasteiger partial charge in [-0.1, -0.05) is 0 Å². The first kappa shape index (κ1) is 13.8. The van der Waals surface area contributed by atoms with Gasteiger partial charge in [0, 0.05) is 56.8 Å². The number of rotatable bonds is 4. The molecule has 0 aliphatic carbocycles. The summed E-state index contributed by atoms with van der Waals surface area (Å²) in [7, 11) is 0. The lowest BCUT2D eigenvalue weighted by Crippen LogP contribution is -2.62. The minimum absolute atomic E-state index is 0.672. The molecule has 3 nitrogen and oxygen atoms in total. The summed E-state index contributed by atoms with van der Waals surface area (Å²) in [5.41, 5.74) is 0.672. The van der Waals surface area contributed by atoms with E-state index in [2.05, 4.69) is 42.4 Å². The Morgan fingerprint density at radius 1 is 0.947 bits per heavy atom. The summed E-state index contributed by atoms with van der Waals surface area (Å²) in [6.45, 7) is 18.7. The van der Waals surface area contributed by atoms with Crippen LogP contribution < -0.4 is 0 Å². The van der Waals surface area contributed by atoms with Crippen LogP contribution in [0.4, 0.5) is 0 Å². The van der Waals surface area contributed by atoms with Crippen molar-refractivity contribution in [2.75, 3.05) is 45.8 Å². The van der Waals surface area contributed by atoms with Crippen LogP contribution in [0.2, 0.25) is 0 Å². The number of hydrogen-bond donors (Lipinski definition) is 0. The summed E-state index contributed by atoms with van der Waals surface area (Å²) in [6, 6.07) is 1.48. The maximum absolute atomic E-state index is 2.71. The molecular weight excluding hydrogens is 234 g/mol. The van der Waals surface area contributed by atoms with E-state index in [-0.39, 0.29) is 0 Å². The summed E-state index contributed by atoms with van der Waals surface area (Å²) in [6.07, 6.45) is 1.43. The largest absolute Gasteiger partial charge is 0.302 e. The van der Waals surface area contributed by atoms with E-state index in [9.17, 15) is 0 Å². The van der Waals surface area contributed by atoms with E-state index in [1.54, 1.807) is 0 Å². The molecule has 0 aromatic carbocycles. The molecule has 3 aliphatic heterocycles. The van der Waals surface area contributed by atoms with Gasteiger partial charge in [0.25, 0.3) is 0 Å². The molecule has 0 aromatic heterocycles. The fourth-order valence-corrected chi connectivity index (χ4v) is 4.21. The normalized spacial score (nSPS) is 29.4. The SMILES string of the molecule is CC(C)N1CC(CN2CC3(CCN(C(C)C)C3)C2)C1. The second-order valence-electron chi connectivity index (χ2n) is 7.90. The Balaban J connectivity index is 1.38. The van der Waals surface area contributed by atoms with Gasteiger partial charge >= 0.3 is 0 Å². The molecule has 3 heteroatoms. The standard InChI is InChI=1S/C16H31N3/c1-13(2)18-6-5-16(12-18)10-17(11-16)7-15-8-19(9-15)14(3)4/h13-15H,5-12H2,1-4H3. The van der Waals surface area contributed by atoms with Gasteiger partial charge in [-0.25, -0.2) is 0 Å². The molecule has 0 saturated carbocycles. The van der Waals surface area contributed by atoms with Gasteiger partial charge < -0.3 is 14.7 Å². The van der Waals surface area contributed by atoms with Crippen molar-refractivity contribution in [1.82, 2.24) is 14.7 Å². The fourth-order valence-electron chi connectivity index (χ4n) is 4.21. The van der Waals surface area contributed by atoms with Crippen molar-refractivity contribution < 1.29 is 0 Å². The zero-order chi connectivity index (χ0) is 13.6. The first-order valence-electron chi connectivity index (χ1n) is 8.18. The summed E-state index contributed by atoms with van der Waals surface area (Å²) in [5.74, 6) is 0.947. The highest BCUT2D eigenvalue weighted by molar-refractivity contribution is 5.02. The highest BCUT2D eigenvalue weighted by atomic mass is 15.3. The van der Waals surface area contributed by atoms with Crippen molar-refractivity contribution in [1.29, 1.82) is 0 Å². The molecule has 0 unspecified atom stereocenters. The van der Waals surface area contributed by atoms with Crippen LogP contribution in [0.25, 0.3) is 0 Å². The molecule has 0 bridgehead atoms. The minimum atomic E-state index is 0.672. The monoisotopic (exact) mass is 265 g/mol. The molecule has 3 saturated heterocycles. The summed E-state index contributed by atoms with van der Waals surface area (Å²) < 4.78 is 0. The predicted molar refractivity (Wildman–Crippen MR) is 80.4 cm³/mol. The third-order valence-electron chi connectivity index (χ3n) is 5.55. The van der Waals surface area contributed by atoms with E-state index in [4.69, 9.17) is 0 Å². The lowest BCUT2D eigenvalue weighted by molar-refractivity contribution is -0.0353. The number of likely N-dealkylation sites (tertiary alicyclic amines) is 3. The van der Waals surface area contributed by atoms with Crippen LogP contribution in [0.3, 0.4) is 0 Å². The van der Waals surface area contributed by atoms with Gasteiger partial charge in [-0.15, -0.1) is 0 Å². The molecule has 3 heterocycles. The average Bonchev–Trinajstić information content (AvgIpc) is 2.65. The Hall–Kier alpha value is -0.120. The van der Waals surface area contributed by atoms with Crippen LogP contribution in [0.1, 0.15) is 34.1 Å². The Bertz CT molecular complexity index is 314. The molecule has 3 aliphatic rings. The molecule has 19 heavy (non-hydrogen) atoms. The van der Waals surface area contributed by atoms with Crippen LogP contribution in [0.5, 0.6) is 0 Å². The smallest absolute Gasteiger partial charge is 0.00970 e. The first-order chi connectivity index (χ1) is 8.97. The molecular formula is C16H31N3. The maximum atomic E-state index is 2.71. The predicted octanol–water partition coefficient (Wildman–Crippen LogP) is 1.74. The molecule has 110 valence electrons. The highest BCUT2D eigenvalue weighted by Crippen LogP contribution is 2.40. The Morgan fingerprint density at radius 3 is 2.11 bits per heavy atom. The van der Waals surface area contributed by atoms with E-state index in [0.29, 0.717) is 5.41 Å². The average molecular weight is 265 g/mol. The molecule has 0 N–H and O–H groups in total. The van der Waals surface area contributed by atoms with Crippen molar-refractivity contribution in [3.8, 4) is 0 Å². The molecule has 3 fully saturated rings. The highest BCUT2D eigenvalue weighted by Gasteiger charge is 2.48. The Kier molecular flexibility index (Phi) is 3.65. The van der Waals surface area contributed by atoms with Crippen molar-refractivity contribution >= 4 is 0 Å². The molecule has 3 rings (SSSR count). The van der Waals surface area contributed by atoms with Gasteiger partial charge in [0.1, 0.15) is 0 Å². The second kappa shape index (κ2) is 5.01. The van der Waals surface area contributed by atoms with Crippen molar-refractivity contribution in [2.24, 2.45) is 11.3 Å². The van der Waals surface area contributed by atoms with Gasteiger partial charge in [0.15, 0.2) is 0 Å². The topological polar surface area (TPSA) is 9.72 Å². The van der Waals surface area contributed by atoms with Crippen LogP contribution in [-0.4, -0.2) is 72.6 Å². The third kappa shape index (κ3) is 2.70. The molecule has 0 amide bonds. The zero-order valence-electron chi connectivity index (χ0n) is 13.2. The van der Waals surface area contributed by atoms with Crippen molar-refractivity contribution in [2.45, 2.75) is 46.2 Å². The number of hydrogen-bond acceptors (Lipinski definition) is 3. The van der Waals surface area contributed by atoms with Crippen LogP contribution in [0, 0.1) is 11.3 Å². The summed E-state index contributed by atoms with van der Waals surface area (Å²) in [5, 5.41) is 0. The van der Waals surface area contributed by atoms with Crippen molar-refractivity contribution in [3.05, 3.63) is 0 Å². The molecule has 0 aromatic rings. The fraction of sp³-hybridized carbons (Fsp3) is 1.00. The summed E-state index contributed by atoms with van der Waals surface area (Å²) >= 11 is 0. The van der Waals surface area contributed by atoms with Crippen LogP contribution in [-0.2, 0) is 0 Å². The molecule has 0 atom stereocenters. The zero-order valence-corrected chi connectivity index (χ0v) is 13.2. The van der Waals surface area contributed by atoms with Gasteiger partial charge in [0.2, 0.25) is 0 Å². The van der Waals surface area contributed by atoms with E-state index in [1.165, 1.54) is 52.2 Å². The van der Waals surface area contributed by atoms with Gasteiger partial charge in [0.05, 0.1) is 0 Å². The molecule has 1 spiro atoms. The lowest BCUT2D eigenvalue weighted by Gasteiger charge is -2.52. The van der Waals surface area contributed by atoms with E-state index in [1.807, 2.05) is 0 Å². The minimum Gasteiger partial charge on any atom is -0.302 e. The van der Waals surface area contributed by atoms with Crippen LogP contribution >= 0.6 is 0 Å².